The van der Waals surface area contributed by atoms with Crippen LogP contribution in [0, 0.1) is 0 Å². The van der Waals surface area contributed by atoms with Crippen LogP contribution in [0.15, 0.2) is 23.1 Å². The Morgan fingerprint density at radius 3 is 2.72 bits per heavy atom. The Balaban J connectivity index is 2.33. The number of hydrogen-bond acceptors (Lipinski definition) is 3. The van der Waals surface area contributed by atoms with Crippen molar-refractivity contribution in [3.05, 3.63) is 23.8 Å². The maximum absolute atomic E-state index is 11.8. The van der Waals surface area contributed by atoms with Crippen LogP contribution in [0.3, 0.4) is 0 Å². The Morgan fingerprint density at radius 2 is 2.11 bits per heavy atom. The first-order valence-electron chi connectivity index (χ1n) is 6.53. The van der Waals surface area contributed by atoms with E-state index in [-0.39, 0.29) is 0 Å². The maximum atomic E-state index is 11.8. The average molecular weight is 267 g/mol. The van der Waals surface area contributed by atoms with E-state index in [1.165, 1.54) is 5.56 Å². The molecule has 1 aromatic carbocycles. The van der Waals surface area contributed by atoms with E-state index in [0.29, 0.717) is 12.5 Å². The third kappa shape index (κ3) is 3.12. The highest BCUT2D eigenvalue weighted by molar-refractivity contribution is 7.84. The summed E-state index contributed by atoms with van der Waals surface area (Å²) >= 11 is 0. The highest BCUT2D eigenvalue weighted by atomic mass is 32.2. The quantitative estimate of drug-likeness (QED) is 0.909. The van der Waals surface area contributed by atoms with Gasteiger partial charge in [0.25, 0.3) is 0 Å². The Bertz CT molecular complexity index is 428. The van der Waals surface area contributed by atoms with Crippen LogP contribution in [0.4, 0.5) is 0 Å². The Hall–Kier alpha value is -0.870. The minimum absolute atomic E-state index is 0.505. The lowest BCUT2D eigenvalue weighted by Gasteiger charge is -2.25. The van der Waals surface area contributed by atoms with E-state index in [2.05, 4.69) is 11.4 Å². The predicted octanol–water partition coefficient (Wildman–Crippen LogP) is 2.29. The molecule has 0 radical (unpaired) electrons. The van der Waals surface area contributed by atoms with Crippen molar-refractivity contribution in [2.75, 3.05) is 26.0 Å². The summed E-state index contributed by atoms with van der Waals surface area (Å²) in [5.74, 6) is 1.39. The average Bonchev–Trinajstić information content (AvgIpc) is 2.40. The molecule has 0 saturated carbocycles. The molecular formula is C14H21NO2S. The second-order valence-electron chi connectivity index (χ2n) is 4.61. The summed E-state index contributed by atoms with van der Waals surface area (Å²) in [5.41, 5.74) is 1.21. The number of nitrogens with one attached hydrogen (secondary N) is 1. The molecule has 18 heavy (non-hydrogen) atoms. The summed E-state index contributed by atoms with van der Waals surface area (Å²) in [4.78, 5) is 0.963. The van der Waals surface area contributed by atoms with E-state index in [1.807, 2.05) is 19.1 Å². The van der Waals surface area contributed by atoms with Gasteiger partial charge in [-0.05, 0) is 62.5 Å². The fourth-order valence-electron chi connectivity index (χ4n) is 2.50. The minimum atomic E-state index is -0.930. The van der Waals surface area contributed by atoms with E-state index in [0.717, 1.165) is 36.6 Å². The van der Waals surface area contributed by atoms with Crippen molar-refractivity contribution in [2.24, 2.45) is 0 Å². The zero-order valence-corrected chi connectivity index (χ0v) is 11.9. The Morgan fingerprint density at radius 1 is 1.39 bits per heavy atom. The molecule has 2 rings (SSSR count). The molecule has 1 N–H and O–H groups in total. The van der Waals surface area contributed by atoms with Gasteiger partial charge in [-0.15, -0.1) is 0 Å². The summed E-state index contributed by atoms with van der Waals surface area (Å²) in [6, 6.07) is 5.96. The van der Waals surface area contributed by atoms with Gasteiger partial charge < -0.3 is 10.1 Å². The lowest BCUT2D eigenvalue weighted by molar-refractivity contribution is 0.338. The van der Waals surface area contributed by atoms with Crippen molar-refractivity contribution >= 4 is 10.8 Å². The largest absolute Gasteiger partial charge is 0.494 e. The van der Waals surface area contributed by atoms with Crippen molar-refractivity contribution in [1.29, 1.82) is 0 Å². The van der Waals surface area contributed by atoms with E-state index in [1.54, 1.807) is 6.26 Å². The molecule has 1 aliphatic rings. The van der Waals surface area contributed by atoms with Crippen LogP contribution in [0.25, 0.3) is 0 Å². The van der Waals surface area contributed by atoms with Crippen LogP contribution >= 0.6 is 0 Å². The van der Waals surface area contributed by atoms with Crippen molar-refractivity contribution in [3.8, 4) is 5.75 Å². The van der Waals surface area contributed by atoms with Gasteiger partial charge in [0, 0.05) is 11.2 Å². The lowest BCUT2D eigenvalue weighted by Crippen LogP contribution is -2.27. The van der Waals surface area contributed by atoms with Crippen molar-refractivity contribution in [1.82, 2.24) is 5.32 Å². The molecule has 0 aliphatic carbocycles. The normalized spacial score (nSPS) is 18.6. The van der Waals surface area contributed by atoms with E-state index in [4.69, 9.17) is 4.74 Å². The number of piperidine rings is 1. The molecule has 1 heterocycles. The molecule has 0 aromatic heterocycles. The van der Waals surface area contributed by atoms with Gasteiger partial charge in [0.1, 0.15) is 5.75 Å². The zero-order chi connectivity index (χ0) is 13.0. The van der Waals surface area contributed by atoms with Crippen LogP contribution in [-0.2, 0) is 10.8 Å². The topological polar surface area (TPSA) is 38.3 Å². The minimum Gasteiger partial charge on any atom is -0.494 e. The molecule has 1 atom stereocenters. The van der Waals surface area contributed by atoms with E-state index < -0.39 is 10.8 Å². The third-order valence-electron chi connectivity index (χ3n) is 3.38. The van der Waals surface area contributed by atoms with Gasteiger partial charge in [0.2, 0.25) is 0 Å². The van der Waals surface area contributed by atoms with Crippen LogP contribution in [0.2, 0.25) is 0 Å². The third-order valence-corrected chi connectivity index (χ3v) is 4.37. The molecule has 1 aromatic rings. The van der Waals surface area contributed by atoms with Crippen molar-refractivity contribution in [3.63, 3.8) is 0 Å². The standard InChI is InChI=1S/C14H21NO2S/c1-3-17-12-4-5-14(18(2)16)13(10-12)11-6-8-15-9-7-11/h4-5,10-11,15H,3,6-9H2,1-2H3. The fraction of sp³-hybridized carbons (Fsp3) is 0.571. The fourth-order valence-corrected chi connectivity index (χ4v) is 3.31. The van der Waals surface area contributed by atoms with Gasteiger partial charge in [-0.1, -0.05) is 0 Å². The Labute approximate surface area is 111 Å². The van der Waals surface area contributed by atoms with Gasteiger partial charge >= 0.3 is 0 Å². The zero-order valence-electron chi connectivity index (χ0n) is 11.1. The maximum Gasteiger partial charge on any atom is 0.119 e. The molecule has 1 aliphatic heterocycles. The number of ether oxygens (including phenoxy) is 1. The van der Waals surface area contributed by atoms with Gasteiger partial charge in [0.05, 0.1) is 17.4 Å². The monoisotopic (exact) mass is 267 g/mol. The SMILES string of the molecule is CCOc1ccc(S(C)=O)c(C2CCNCC2)c1. The molecule has 0 bridgehead atoms. The lowest BCUT2D eigenvalue weighted by atomic mass is 9.90. The second-order valence-corrected chi connectivity index (χ2v) is 5.96. The highest BCUT2D eigenvalue weighted by Gasteiger charge is 2.20. The predicted molar refractivity (Wildman–Crippen MR) is 74.8 cm³/mol. The Kier molecular flexibility index (Phi) is 4.78. The summed E-state index contributed by atoms with van der Waals surface area (Å²) < 4.78 is 17.4. The second kappa shape index (κ2) is 6.34. The highest BCUT2D eigenvalue weighted by Crippen LogP contribution is 2.32. The molecule has 1 fully saturated rings. The molecular weight excluding hydrogens is 246 g/mol. The van der Waals surface area contributed by atoms with Crippen LogP contribution < -0.4 is 10.1 Å². The first kappa shape index (κ1) is 13.6. The van der Waals surface area contributed by atoms with Gasteiger partial charge in [-0.3, -0.25) is 4.21 Å². The van der Waals surface area contributed by atoms with Crippen molar-refractivity contribution in [2.45, 2.75) is 30.6 Å². The number of hydrogen-bond donors (Lipinski definition) is 1. The number of rotatable bonds is 4. The molecule has 3 nitrogen and oxygen atoms in total. The van der Waals surface area contributed by atoms with Crippen LogP contribution in [-0.4, -0.2) is 30.2 Å². The van der Waals surface area contributed by atoms with E-state index >= 15 is 0 Å². The molecule has 100 valence electrons. The van der Waals surface area contributed by atoms with Gasteiger partial charge in [0.15, 0.2) is 0 Å². The molecule has 1 saturated heterocycles. The van der Waals surface area contributed by atoms with Crippen LogP contribution in [0.5, 0.6) is 5.75 Å². The summed E-state index contributed by atoms with van der Waals surface area (Å²) in [6.07, 6.45) is 3.97. The summed E-state index contributed by atoms with van der Waals surface area (Å²) in [6.45, 7) is 4.73. The van der Waals surface area contributed by atoms with Crippen molar-refractivity contribution < 1.29 is 8.95 Å². The molecule has 1 unspecified atom stereocenters. The molecule has 0 spiro atoms. The smallest absolute Gasteiger partial charge is 0.119 e. The van der Waals surface area contributed by atoms with Gasteiger partial charge in [-0.25, -0.2) is 0 Å². The molecule has 0 amide bonds. The first-order chi connectivity index (χ1) is 8.72. The first-order valence-corrected chi connectivity index (χ1v) is 8.09. The van der Waals surface area contributed by atoms with Crippen LogP contribution in [0.1, 0.15) is 31.2 Å². The molecule has 4 heteroatoms. The summed E-state index contributed by atoms with van der Waals surface area (Å²) in [7, 11) is -0.930. The number of benzene rings is 1. The van der Waals surface area contributed by atoms with E-state index in [9.17, 15) is 4.21 Å². The summed E-state index contributed by atoms with van der Waals surface area (Å²) in [5, 5.41) is 3.37. The van der Waals surface area contributed by atoms with Gasteiger partial charge in [-0.2, -0.15) is 0 Å².